The first-order valence-electron chi connectivity index (χ1n) is 25.3. The third kappa shape index (κ3) is 21.4. The van der Waals surface area contributed by atoms with Gasteiger partial charge in [0.1, 0.15) is 48.4 Å². The fourth-order valence-electron chi connectivity index (χ4n) is 8.49. The number of benzene rings is 4. The zero-order valence-electron chi connectivity index (χ0n) is 47.6. The molecule has 0 saturated carbocycles. The van der Waals surface area contributed by atoms with Crippen LogP contribution in [0.1, 0.15) is 95.9 Å². The van der Waals surface area contributed by atoms with Crippen LogP contribution in [0.3, 0.4) is 0 Å². The summed E-state index contributed by atoms with van der Waals surface area (Å²) in [6, 6.07) is 17.3. The van der Waals surface area contributed by atoms with Gasteiger partial charge in [0.15, 0.2) is 0 Å². The molecule has 3 atom stereocenters. The number of carbonyl (C=O) groups excluding carboxylic acids is 1. The van der Waals surface area contributed by atoms with E-state index < -0.39 is 0 Å². The molecule has 0 spiro atoms. The Labute approximate surface area is 550 Å². The molecular formula is C64H79ClK2O10. The molecule has 0 amide bonds. The van der Waals surface area contributed by atoms with Crippen molar-refractivity contribution in [3.05, 3.63) is 217 Å². The van der Waals surface area contributed by atoms with Gasteiger partial charge in [-0.15, -0.1) is 64.2 Å². The zero-order chi connectivity index (χ0) is 55.1. The van der Waals surface area contributed by atoms with Gasteiger partial charge in [0.05, 0.1) is 31.8 Å². The van der Waals surface area contributed by atoms with Gasteiger partial charge in [-0.05, 0) is 118 Å². The molecule has 77 heavy (non-hydrogen) atoms. The number of phenols is 2. The molecule has 3 saturated heterocycles. The summed E-state index contributed by atoms with van der Waals surface area (Å²) in [6.07, 6.45) is 21.0. The second-order valence-corrected chi connectivity index (χ2v) is 19.9. The molecule has 2 N–H and O–H groups in total. The summed E-state index contributed by atoms with van der Waals surface area (Å²) in [7, 11) is 0. The van der Waals surface area contributed by atoms with Crippen LogP contribution in [0.5, 0.6) is 23.0 Å². The molecule has 3 fully saturated rings. The Morgan fingerprint density at radius 2 is 0.714 bits per heavy atom. The second kappa shape index (κ2) is 35.6. The van der Waals surface area contributed by atoms with E-state index >= 15 is 0 Å². The number of carbonyl (C=O) groups is 1. The molecule has 13 heteroatoms. The van der Waals surface area contributed by atoms with Gasteiger partial charge in [0, 0.05) is 10.8 Å². The van der Waals surface area contributed by atoms with Gasteiger partial charge in [-0.1, -0.05) is 125 Å². The van der Waals surface area contributed by atoms with Gasteiger partial charge in [-0.25, -0.2) is 0 Å². The summed E-state index contributed by atoms with van der Waals surface area (Å²) in [4.78, 5) is 11.2. The van der Waals surface area contributed by atoms with E-state index in [1.54, 1.807) is 24.3 Å². The van der Waals surface area contributed by atoms with Crippen molar-refractivity contribution in [3.8, 4) is 23.0 Å². The predicted octanol–water partition coefficient (Wildman–Crippen LogP) is 6.00. The molecule has 3 aliphatic heterocycles. The summed E-state index contributed by atoms with van der Waals surface area (Å²) in [5.41, 5.74) is 12.0. The molecule has 0 radical (unpaired) electrons. The van der Waals surface area contributed by atoms with Crippen LogP contribution < -0.4 is 118 Å². The third-order valence-electron chi connectivity index (χ3n) is 13.1. The molecule has 0 aliphatic carbocycles. The molecular weight excluding hydrogens is 1040 g/mol. The molecule has 3 heterocycles. The van der Waals surface area contributed by atoms with E-state index in [9.17, 15) is 10.2 Å². The van der Waals surface area contributed by atoms with Gasteiger partial charge in [-0.3, -0.25) is 4.79 Å². The monoisotopic (exact) mass is 1120 g/mol. The normalized spacial score (nSPS) is 15.4. The van der Waals surface area contributed by atoms with Gasteiger partial charge in [0.2, 0.25) is 0 Å². The molecule has 7 rings (SSSR count). The van der Waals surface area contributed by atoms with E-state index in [-0.39, 0.29) is 134 Å². The van der Waals surface area contributed by atoms with Gasteiger partial charge < -0.3 is 45.5 Å². The van der Waals surface area contributed by atoms with Gasteiger partial charge in [0.25, 0.3) is 6.47 Å². The number of phenolic OH excluding ortho intramolecular Hbond substituents is 2. The van der Waals surface area contributed by atoms with E-state index in [4.69, 9.17) is 45.3 Å². The first-order chi connectivity index (χ1) is 36.0. The number of hydrogen-bond donors (Lipinski definition) is 2. The Morgan fingerprint density at radius 1 is 0.506 bits per heavy atom. The zero-order valence-corrected chi connectivity index (χ0v) is 53.6. The Hall–Kier alpha value is -3.13. The first-order valence-corrected chi connectivity index (χ1v) is 25.9. The average molecular weight is 1120 g/mol. The maximum Gasteiger partial charge on any atom is 1.00 e. The SMILES string of the molecule is C=CCc1cc(C(C)(C)c2cc(CC=C)c(O)c(CC=C)c2)cc(CC=C)c1O.C=CCc1cc(C(C)(C)c2cc(CC=C)c(OCC3CO3)c(CC=C)c2)cc(CC=C)c1OCC1CO1.ClCC1CO1.O=CO[O-].[H-].[K+].[K+]. The molecule has 4 aromatic carbocycles. The van der Waals surface area contributed by atoms with E-state index in [1.807, 2.05) is 24.3 Å². The van der Waals surface area contributed by atoms with Crippen molar-refractivity contribution in [2.24, 2.45) is 0 Å². The van der Waals surface area contributed by atoms with Crippen molar-refractivity contribution in [2.75, 3.05) is 38.9 Å². The van der Waals surface area contributed by atoms with Crippen molar-refractivity contribution in [3.63, 3.8) is 0 Å². The van der Waals surface area contributed by atoms with Crippen LogP contribution in [0.2, 0.25) is 0 Å². The summed E-state index contributed by atoms with van der Waals surface area (Å²) < 4.78 is 28.0. The molecule has 0 bridgehead atoms. The van der Waals surface area contributed by atoms with Crippen LogP contribution in [-0.2, 0) is 86.1 Å². The van der Waals surface area contributed by atoms with Gasteiger partial charge >= 0.3 is 103 Å². The van der Waals surface area contributed by atoms with E-state index in [0.717, 1.165) is 113 Å². The third-order valence-corrected chi connectivity index (χ3v) is 13.4. The second-order valence-electron chi connectivity index (χ2n) is 19.6. The number of alkyl halides is 1. The summed E-state index contributed by atoms with van der Waals surface area (Å²) >= 11 is 5.27. The minimum absolute atomic E-state index is 0. The van der Waals surface area contributed by atoms with Crippen molar-refractivity contribution in [2.45, 2.75) is 108 Å². The number of epoxide rings is 3. The number of hydrogen-bond acceptors (Lipinski definition) is 10. The molecule has 4 aromatic rings. The Kier molecular flexibility index (Phi) is 32.3. The number of allylic oxidation sites excluding steroid dienone is 8. The van der Waals surface area contributed by atoms with Crippen LogP contribution in [0.15, 0.2) is 150 Å². The number of aromatic hydroxyl groups is 2. The number of rotatable bonds is 28. The van der Waals surface area contributed by atoms with Crippen LogP contribution in [0, 0.1) is 0 Å². The van der Waals surface area contributed by atoms with Crippen molar-refractivity contribution in [1.29, 1.82) is 0 Å². The van der Waals surface area contributed by atoms with Crippen molar-refractivity contribution >= 4 is 18.1 Å². The summed E-state index contributed by atoms with van der Waals surface area (Å²) in [5.74, 6) is 3.16. The summed E-state index contributed by atoms with van der Waals surface area (Å²) in [6.45, 7) is 43.5. The van der Waals surface area contributed by atoms with E-state index in [1.165, 1.54) is 11.1 Å². The average Bonchev–Trinajstić information content (AvgIpc) is 4.23. The van der Waals surface area contributed by atoms with Crippen molar-refractivity contribution < 1.29 is 153 Å². The summed E-state index contributed by atoms with van der Waals surface area (Å²) in [5, 5.41) is 29.7. The molecule has 404 valence electrons. The predicted molar refractivity (Wildman–Crippen MR) is 304 cm³/mol. The Bertz CT molecular complexity index is 2340. The van der Waals surface area contributed by atoms with Gasteiger partial charge in [-0.2, -0.15) is 0 Å². The molecule has 3 aliphatic rings. The Balaban J connectivity index is 0.000000662. The smallest absolute Gasteiger partial charge is 1.00 e. The molecule has 10 nitrogen and oxygen atoms in total. The molecule has 3 unspecified atom stereocenters. The van der Waals surface area contributed by atoms with E-state index in [2.05, 4.69) is 134 Å². The molecule has 0 aromatic heterocycles. The standard InChI is InChI=1S/C33H40O4.C27H32O2.C3H5ClO.CH2O3.2K.H/c1-7-11-23-15-27(16-24(12-8-2)31(23)36-21-29-19-34-29)33(5,6)28-17-25(13-9-3)32(26(18-28)14-10-4)37-22-30-20-35-30;1-7-11-19-15-23(16-20(12-8-2)25(19)28)27(5,6)24-17-21(13-9-3)26(29)22(18-24)14-10-4;4-1-3-2-5-3;2-1-4-3;;;/h7-10,15-18,29-30H,1-4,11-14,19-22H2,5-6H3;7-10,15-18,28-29H,1-4,11-14H2,5-6H3;3H,1-2H2;1,3H;;;/q;;;;2*+1;-1/p-1. The number of halogens is 1. The number of ether oxygens (including phenoxy) is 5. The van der Waals surface area contributed by atoms with Crippen LogP contribution >= 0.6 is 11.6 Å². The minimum Gasteiger partial charge on any atom is -1.00 e. The van der Waals surface area contributed by atoms with Crippen LogP contribution in [0.4, 0.5) is 0 Å². The minimum atomic E-state index is -0.334. The Morgan fingerprint density at radius 3 is 0.883 bits per heavy atom. The topological polar surface area (TPSA) is 146 Å². The maximum absolute atomic E-state index is 10.6. The largest absolute Gasteiger partial charge is 1.00 e. The maximum atomic E-state index is 10.6. The quantitative estimate of drug-likeness (QED) is 0.0132. The van der Waals surface area contributed by atoms with Crippen LogP contribution in [0.25, 0.3) is 0 Å². The van der Waals surface area contributed by atoms with E-state index in [0.29, 0.717) is 62.4 Å². The first kappa shape index (κ1) is 70.0. The van der Waals surface area contributed by atoms with Crippen LogP contribution in [-0.4, -0.2) is 73.9 Å². The fourth-order valence-corrected chi connectivity index (χ4v) is 8.67. The fraction of sp³-hybridized carbons (Fsp3) is 0.359. The van der Waals surface area contributed by atoms with Crippen molar-refractivity contribution in [1.82, 2.24) is 0 Å².